The highest BCUT2D eigenvalue weighted by Gasteiger charge is 2.61. The predicted octanol–water partition coefficient (Wildman–Crippen LogP) is 3.69. The molecule has 9 nitrogen and oxygen atoms in total. The van der Waals surface area contributed by atoms with Gasteiger partial charge in [0.2, 0.25) is 11.8 Å². The molecule has 174 valence electrons. The molecule has 2 N–H and O–H groups in total. The van der Waals surface area contributed by atoms with E-state index in [1.807, 2.05) is 79.9 Å². The van der Waals surface area contributed by atoms with E-state index in [0.717, 1.165) is 6.42 Å². The van der Waals surface area contributed by atoms with Crippen LogP contribution < -0.4 is 10.6 Å². The van der Waals surface area contributed by atoms with Gasteiger partial charge >= 0.3 is 5.97 Å². The van der Waals surface area contributed by atoms with Crippen LogP contribution in [0.2, 0.25) is 0 Å². The Morgan fingerprint density at radius 3 is 1.97 bits per heavy atom. The maximum atomic E-state index is 13.3. The number of amides is 4. The first-order valence-electron chi connectivity index (χ1n) is 10.1. The zero-order chi connectivity index (χ0) is 24.2. The van der Waals surface area contributed by atoms with Crippen molar-refractivity contribution in [1.29, 1.82) is 0 Å². The van der Waals surface area contributed by atoms with Gasteiger partial charge in [0.05, 0.1) is 39.5 Å². The van der Waals surface area contributed by atoms with Gasteiger partial charge in [-0.3, -0.25) is 19.2 Å². The van der Waals surface area contributed by atoms with E-state index in [1.165, 1.54) is 6.92 Å². The van der Waals surface area contributed by atoms with Crippen LogP contribution in [-0.4, -0.2) is 34.7 Å². The number of imide groups is 1. The molecule has 1 heterocycles. The zero-order valence-corrected chi connectivity index (χ0v) is 23.9. The smallest absolute Gasteiger partial charge is 0.325 e. The zero-order valence-electron chi connectivity index (χ0n) is 17.4. The van der Waals surface area contributed by atoms with Crippen molar-refractivity contribution in [3.63, 3.8) is 0 Å². The number of nitrogens with one attached hydrogen (secondary N) is 2. The fourth-order valence-corrected chi connectivity index (χ4v) is 8.71. The molecule has 1 aliphatic heterocycles. The van der Waals surface area contributed by atoms with Gasteiger partial charge in [-0.05, 0) is 86.0 Å². The van der Waals surface area contributed by atoms with Gasteiger partial charge in [0.1, 0.15) is 0 Å². The quantitative estimate of drug-likeness (QED) is 0.267. The van der Waals surface area contributed by atoms with Crippen molar-refractivity contribution >= 4 is 109 Å². The predicted molar refractivity (Wildman–Crippen MR) is 143 cm³/mol. The molecule has 4 amide bonds. The second-order valence-electron chi connectivity index (χ2n) is 8.00. The summed E-state index contributed by atoms with van der Waals surface area (Å²) in [6, 6.07) is 0. The van der Waals surface area contributed by atoms with Crippen molar-refractivity contribution < 1.29 is 28.8 Å². The molecule has 2 aliphatic carbocycles. The minimum absolute atomic E-state index is 0.0130. The van der Waals surface area contributed by atoms with E-state index in [-0.39, 0.29) is 35.6 Å². The van der Waals surface area contributed by atoms with E-state index in [1.54, 1.807) is 6.92 Å². The standard InChI is InChI=1S/C21H18I3N3O6/c1-3-10(29)26-18-15(23)13(14(22)17(16(18)24)25-7(2)28)21(32)33-27-19(30)11-8-4-5-9(6-8)12(11)20(27)31/h4-5,8-9,11-12H,3,6H2,1-2H3,(H,25,28)(H,26,29). The molecule has 1 saturated heterocycles. The molecular weight excluding hydrogens is 771 g/mol. The Morgan fingerprint density at radius 1 is 0.970 bits per heavy atom. The van der Waals surface area contributed by atoms with Gasteiger partial charge in [-0.25, -0.2) is 4.79 Å². The van der Waals surface area contributed by atoms with Gasteiger partial charge in [-0.2, -0.15) is 0 Å². The van der Waals surface area contributed by atoms with Crippen LogP contribution in [0.5, 0.6) is 0 Å². The normalized spacial score (nSPS) is 24.8. The van der Waals surface area contributed by atoms with Crippen LogP contribution in [0.25, 0.3) is 0 Å². The van der Waals surface area contributed by atoms with Crippen molar-refractivity contribution in [2.45, 2.75) is 26.7 Å². The lowest BCUT2D eigenvalue weighted by atomic mass is 9.85. The number of hydroxylamine groups is 2. The van der Waals surface area contributed by atoms with Crippen molar-refractivity contribution in [2.75, 3.05) is 10.6 Å². The SMILES string of the molecule is CCC(=O)Nc1c(I)c(NC(C)=O)c(I)c(C(=O)ON2C(=O)C3C4C=CC(C4)C3C2=O)c1I. The number of hydrogen-bond donors (Lipinski definition) is 2. The molecule has 1 aromatic rings. The third kappa shape index (κ3) is 4.19. The minimum atomic E-state index is -0.916. The average molecular weight is 789 g/mol. The summed E-state index contributed by atoms with van der Waals surface area (Å²) in [5.41, 5.74) is 0.725. The van der Waals surface area contributed by atoms with Crippen molar-refractivity contribution in [3.05, 3.63) is 28.4 Å². The number of hydrogen-bond acceptors (Lipinski definition) is 6. The molecule has 0 spiro atoms. The second kappa shape index (κ2) is 9.39. The molecule has 1 saturated carbocycles. The van der Waals surface area contributed by atoms with E-state index in [0.29, 0.717) is 27.1 Å². The van der Waals surface area contributed by atoms with Crippen LogP contribution in [0, 0.1) is 34.4 Å². The Morgan fingerprint density at radius 2 is 1.48 bits per heavy atom. The van der Waals surface area contributed by atoms with Crippen molar-refractivity contribution in [1.82, 2.24) is 5.06 Å². The summed E-state index contributed by atoms with van der Waals surface area (Å²) in [6.07, 6.45) is 4.89. The van der Waals surface area contributed by atoms with Gasteiger partial charge in [0, 0.05) is 13.3 Å². The lowest BCUT2D eigenvalue weighted by molar-refractivity contribution is -0.175. The van der Waals surface area contributed by atoms with Crippen LogP contribution >= 0.6 is 67.8 Å². The summed E-state index contributed by atoms with van der Waals surface area (Å²) in [7, 11) is 0. The average Bonchev–Trinajstić information content (AvgIpc) is 3.44. The summed E-state index contributed by atoms with van der Waals surface area (Å²) in [5.74, 6) is -3.59. The van der Waals surface area contributed by atoms with Gasteiger partial charge < -0.3 is 15.5 Å². The molecule has 0 aromatic heterocycles. The number of anilines is 2. The Hall–Kier alpha value is -1.30. The molecule has 12 heteroatoms. The molecular formula is C21H18I3N3O6. The third-order valence-corrected chi connectivity index (χ3v) is 9.25. The van der Waals surface area contributed by atoms with Gasteiger partial charge in [0.25, 0.3) is 11.8 Å². The Labute approximate surface area is 230 Å². The van der Waals surface area contributed by atoms with Gasteiger partial charge in [0.15, 0.2) is 0 Å². The van der Waals surface area contributed by atoms with Crippen molar-refractivity contribution in [2.24, 2.45) is 23.7 Å². The maximum Gasteiger partial charge on any atom is 0.366 e. The summed E-state index contributed by atoms with van der Waals surface area (Å²) in [6.45, 7) is 3.02. The summed E-state index contributed by atoms with van der Waals surface area (Å²) in [4.78, 5) is 68.4. The number of allylic oxidation sites excluding steroid dienone is 2. The number of fused-ring (bicyclic) bond motifs is 5. The van der Waals surface area contributed by atoms with E-state index in [2.05, 4.69) is 10.6 Å². The first-order chi connectivity index (χ1) is 15.6. The minimum Gasteiger partial charge on any atom is -0.325 e. The lowest BCUT2D eigenvalue weighted by Gasteiger charge is -2.21. The molecule has 2 fully saturated rings. The first kappa shape index (κ1) is 24.8. The molecule has 4 atom stereocenters. The molecule has 33 heavy (non-hydrogen) atoms. The molecule has 1 aromatic carbocycles. The Bertz CT molecular complexity index is 1120. The Balaban J connectivity index is 1.70. The number of benzene rings is 1. The van der Waals surface area contributed by atoms with E-state index < -0.39 is 29.6 Å². The summed E-state index contributed by atoms with van der Waals surface area (Å²) < 4.78 is 1.29. The fourth-order valence-electron chi connectivity index (χ4n) is 4.56. The lowest BCUT2D eigenvalue weighted by Crippen LogP contribution is -2.36. The molecule has 3 aliphatic rings. The van der Waals surface area contributed by atoms with E-state index in [9.17, 15) is 24.0 Å². The van der Waals surface area contributed by atoms with E-state index in [4.69, 9.17) is 4.84 Å². The summed E-state index contributed by atoms with van der Waals surface area (Å²) in [5, 5.41) is 6.04. The number of carbonyl (C=O) groups is 5. The van der Waals surface area contributed by atoms with Crippen LogP contribution in [0.1, 0.15) is 37.0 Å². The fraction of sp³-hybridized carbons (Fsp3) is 0.381. The maximum absolute atomic E-state index is 13.3. The molecule has 2 bridgehead atoms. The third-order valence-electron chi connectivity index (χ3n) is 6.01. The van der Waals surface area contributed by atoms with Gasteiger partial charge in [-0.15, -0.1) is 5.06 Å². The molecule has 4 rings (SSSR count). The van der Waals surface area contributed by atoms with Crippen LogP contribution in [0.15, 0.2) is 12.2 Å². The largest absolute Gasteiger partial charge is 0.366 e. The van der Waals surface area contributed by atoms with E-state index >= 15 is 0 Å². The highest BCUT2D eigenvalue weighted by Crippen LogP contribution is 2.52. The van der Waals surface area contributed by atoms with Crippen LogP contribution in [-0.2, 0) is 24.0 Å². The number of nitrogens with zero attached hydrogens (tertiary/aromatic N) is 1. The van der Waals surface area contributed by atoms with Crippen molar-refractivity contribution in [3.8, 4) is 0 Å². The second-order valence-corrected chi connectivity index (χ2v) is 11.2. The first-order valence-corrected chi connectivity index (χ1v) is 13.4. The highest BCUT2D eigenvalue weighted by atomic mass is 127. The topological polar surface area (TPSA) is 122 Å². The van der Waals surface area contributed by atoms with Crippen LogP contribution in [0.3, 0.4) is 0 Å². The number of halogens is 3. The van der Waals surface area contributed by atoms with Gasteiger partial charge in [-0.1, -0.05) is 19.1 Å². The molecule has 0 radical (unpaired) electrons. The van der Waals surface area contributed by atoms with Crippen LogP contribution in [0.4, 0.5) is 11.4 Å². The monoisotopic (exact) mass is 789 g/mol. The number of carbonyl (C=O) groups excluding carboxylic acids is 5. The number of rotatable bonds is 5. The summed E-state index contributed by atoms with van der Waals surface area (Å²) >= 11 is 5.80. The Kier molecular flexibility index (Phi) is 7.06. The molecule has 4 unspecified atom stereocenters. The highest BCUT2D eigenvalue weighted by molar-refractivity contribution is 14.1.